The van der Waals surface area contributed by atoms with Gasteiger partial charge in [-0.15, -0.1) is 0 Å². The Morgan fingerprint density at radius 1 is 1.27 bits per heavy atom. The molecule has 0 amide bonds. The van der Waals surface area contributed by atoms with E-state index in [4.69, 9.17) is 17.0 Å². The van der Waals surface area contributed by atoms with Gasteiger partial charge in [0, 0.05) is 17.8 Å². The fraction of sp³-hybridized carbons (Fsp3) is 0.100. The molecule has 0 atom stereocenters. The van der Waals surface area contributed by atoms with E-state index in [2.05, 4.69) is 5.32 Å². The zero-order valence-corrected chi connectivity index (χ0v) is 10.5. The molecule has 1 aromatic heterocycles. The minimum absolute atomic E-state index is 0.846. The van der Waals surface area contributed by atoms with Crippen LogP contribution < -0.4 is 10.1 Å². The molecule has 78 valence electrons. The van der Waals surface area contributed by atoms with Crippen LogP contribution >= 0.6 is 32.9 Å². The van der Waals surface area contributed by atoms with E-state index in [1.807, 2.05) is 30.3 Å². The minimum atomic E-state index is 0.846. The van der Waals surface area contributed by atoms with Gasteiger partial charge < -0.3 is 10.1 Å². The topological polar surface area (TPSA) is 21.3 Å². The zero-order valence-electron chi connectivity index (χ0n) is 8.02. The Morgan fingerprint density at radius 2 is 2.13 bits per heavy atom. The molecule has 0 aliphatic heterocycles. The second kappa shape index (κ2) is 4.74. The van der Waals surface area contributed by atoms with Crippen molar-refractivity contribution in [2.45, 2.75) is 0 Å². The van der Waals surface area contributed by atoms with Crippen LogP contribution in [0.1, 0.15) is 0 Å². The summed E-state index contributed by atoms with van der Waals surface area (Å²) in [5.74, 6) is 0.846. The van der Waals surface area contributed by atoms with E-state index in [9.17, 15) is 0 Å². The van der Waals surface area contributed by atoms with E-state index in [-0.39, 0.29) is 0 Å². The molecule has 1 N–H and O–H groups in total. The number of hydrogen-bond donors (Lipinski definition) is 1. The fourth-order valence-corrected chi connectivity index (χ4v) is 3.31. The van der Waals surface area contributed by atoms with Gasteiger partial charge >= 0.3 is 0 Å². The van der Waals surface area contributed by atoms with Crippen LogP contribution in [0.3, 0.4) is 0 Å². The predicted molar refractivity (Wildman–Crippen MR) is 69.3 cm³/mol. The highest BCUT2D eigenvalue weighted by atomic mass is 32.9. The molecular weight excluding hydrogens is 246 g/mol. The first-order valence-corrected chi connectivity index (χ1v) is 6.85. The van der Waals surface area contributed by atoms with Gasteiger partial charge in [0.25, 0.3) is 0 Å². The monoisotopic (exact) mass is 255 g/mol. The van der Waals surface area contributed by atoms with E-state index >= 15 is 0 Å². The molecule has 0 radical (unpaired) electrons. The van der Waals surface area contributed by atoms with E-state index in [0.29, 0.717) is 0 Å². The summed E-state index contributed by atoms with van der Waals surface area (Å²) in [6.07, 6.45) is 0. The van der Waals surface area contributed by atoms with Crippen LogP contribution in [0.25, 0.3) is 0 Å². The molecule has 0 fully saturated rings. The Balaban J connectivity index is 2.20. The van der Waals surface area contributed by atoms with Crippen molar-refractivity contribution in [3.05, 3.63) is 34.2 Å². The van der Waals surface area contributed by atoms with Crippen molar-refractivity contribution in [1.29, 1.82) is 0 Å². The lowest BCUT2D eigenvalue weighted by Gasteiger charge is -2.04. The van der Waals surface area contributed by atoms with Crippen molar-refractivity contribution in [1.82, 2.24) is 0 Å². The molecular formula is C10H9NOS3. The van der Waals surface area contributed by atoms with Gasteiger partial charge in [0.1, 0.15) is 14.6 Å². The molecule has 2 rings (SSSR count). The SMILES string of the molecule is COc1cccc(Nc2cc(=S)ss2)c1. The molecule has 1 heterocycles. The fourth-order valence-electron chi connectivity index (χ4n) is 1.14. The second-order valence-corrected chi connectivity index (χ2v) is 5.76. The normalized spacial score (nSPS) is 9.93. The third-order valence-electron chi connectivity index (χ3n) is 1.80. The van der Waals surface area contributed by atoms with E-state index < -0.39 is 0 Å². The molecule has 0 saturated heterocycles. The van der Waals surface area contributed by atoms with Gasteiger partial charge in [0.05, 0.1) is 7.11 Å². The van der Waals surface area contributed by atoms with Crippen LogP contribution in [0, 0.1) is 3.82 Å². The Labute approximate surface area is 101 Å². The molecule has 0 aliphatic rings. The zero-order chi connectivity index (χ0) is 10.7. The summed E-state index contributed by atoms with van der Waals surface area (Å²) in [5, 5.41) is 4.35. The third kappa shape index (κ3) is 2.77. The summed E-state index contributed by atoms with van der Waals surface area (Å²) in [7, 11) is 4.90. The highest BCUT2D eigenvalue weighted by Crippen LogP contribution is 2.28. The second-order valence-electron chi connectivity index (χ2n) is 2.85. The maximum atomic E-state index is 5.14. The Morgan fingerprint density at radius 3 is 2.80 bits per heavy atom. The van der Waals surface area contributed by atoms with Crippen molar-refractivity contribution < 1.29 is 4.74 Å². The highest BCUT2D eigenvalue weighted by Gasteiger charge is 1.98. The molecule has 0 bridgehead atoms. The lowest BCUT2D eigenvalue weighted by Crippen LogP contribution is -1.88. The smallest absolute Gasteiger partial charge is 0.120 e. The number of ether oxygens (including phenoxy) is 1. The number of nitrogens with one attached hydrogen (secondary N) is 1. The molecule has 1 aromatic carbocycles. The summed E-state index contributed by atoms with van der Waals surface area (Å²) in [4.78, 5) is 0. The van der Waals surface area contributed by atoms with Crippen molar-refractivity contribution in [3.63, 3.8) is 0 Å². The number of rotatable bonds is 3. The summed E-state index contributed by atoms with van der Waals surface area (Å²) in [6.45, 7) is 0. The molecule has 0 saturated carbocycles. The molecule has 0 unspecified atom stereocenters. The van der Waals surface area contributed by atoms with E-state index in [0.717, 1.165) is 20.3 Å². The van der Waals surface area contributed by atoms with Crippen molar-refractivity contribution >= 4 is 43.6 Å². The molecule has 0 spiro atoms. The number of hydrogen-bond acceptors (Lipinski definition) is 5. The maximum Gasteiger partial charge on any atom is 0.120 e. The lowest BCUT2D eigenvalue weighted by molar-refractivity contribution is 0.415. The largest absolute Gasteiger partial charge is 0.497 e. The third-order valence-corrected chi connectivity index (χ3v) is 4.58. The summed E-state index contributed by atoms with van der Waals surface area (Å²) in [5.41, 5.74) is 1.01. The van der Waals surface area contributed by atoms with Gasteiger partial charge in [-0.2, -0.15) is 0 Å². The van der Waals surface area contributed by atoms with Gasteiger partial charge in [-0.25, -0.2) is 0 Å². The molecule has 2 aromatic rings. The van der Waals surface area contributed by atoms with Crippen LogP contribution in [0.5, 0.6) is 5.75 Å². The maximum absolute atomic E-state index is 5.14. The average Bonchev–Trinajstić information content (AvgIpc) is 2.64. The molecule has 15 heavy (non-hydrogen) atoms. The van der Waals surface area contributed by atoms with Gasteiger partial charge in [0.2, 0.25) is 0 Å². The molecule has 2 nitrogen and oxygen atoms in total. The quantitative estimate of drug-likeness (QED) is 0.653. The summed E-state index contributed by atoms with van der Waals surface area (Å²) in [6, 6.07) is 9.78. The van der Waals surface area contributed by atoms with Crippen LogP contribution in [-0.4, -0.2) is 7.11 Å². The Bertz CT molecular complexity index is 503. The van der Waals surface area contributed by atoms with Crippen molar-refractivity contribution in [2.24, 2.45) is 0 Å². The van der Waals surface area contributed by atoms with E-state index in [1.54, 1.807) is 27.8 Å². The first-order valence-electron chi connectivity index (χ1n) is 4.29. The van der Waals surface area contributed by atoms with Crippen LogP contribution in [-0.2, 0) is 0 Å². The highest BCUT2D eigenvalue weighted by molar-refractivity contribution is 7.80. The van der Waals surface area contributed by atoms with Gasteiger partial charge in [-0.1, -0.05) is 39.0 Å². The number of benzene rings is 1. The lowest BCUT2D eigenvalue weighted by atomic mass is 10.3. The molecule has 5 heteroatoms. The predicted octanol–water partition coefficient (Wildman–Crippen LogP) is 4.29. The van der Waals surface area contributed by atoms with Crippen molar-refractivity contribution in [2.75, 3.05) is 12.4 Å². The first-order chi connectivity index (χ1) is 7.28. The van der Waals surface area contributed by atoms with Gasteiger partial charge in [0.15, 0.2) is 0 Å². The first kappa shape index (κ1) is 10.6. The average molecular weight is 255 g/mol. The van der Waals surface area contributed by atoms with Crippen LogP contribution in [0.15, 0.2) is 30.3 Å². The Hall–Kier alpha value is -0.910. The summed E-state index contributed by atoms with van der Waals surface area (Å²) >= 11 is 5.06. The van der Waals surface area contributed by atoms with Crippen molar-refractivity contribution in [3.8, 4) is 5.75 Å². The van der Waals surface area contributed by atoms with Crippen LogP contribution in [0.4, 0.5) is 10.7 Å². The Kier molecular flexibility index (Phi) is 3.35. The minimum Gasteiger partial charge on any atom is -0.497 e. The van der Waals surface area contributed by atoms with E-state index in [1.165, 1.54) is 0 Å². The van der Waals surface area contributed by atoms with Gasteiger partial charge in [-0.3, -0.25) is 0 Å². The summed E-state index contributed by atoms with van der Waals surface area (Å²) < 4.78 is 6.05. The standard InChI is InChI=1S/C10H9NOS3/c1-12-8-4-2-3-7(5-8)11-9-6-10(13)15-14-9/h2-6,11H,1H3. The number of anilines is 2. The van der Waals surface area contributed by atoms with Crippen LogP contribution in [0.2, 0.25) is 0 Å². The van der Waals surface area contributed by atoms with Gasteiger partial charge in [-0.05, 0) is 12.1 Å². The molecule has 0 aliphatic carbocycles. The number of methoxy groups -OCH3 is 1.